The maximum absolute atomic E-state index is 11.3. The number of nitrogens with two attached hydrogens (primary N) is 1. The number of benzene rings is 1. The molecule has 0 radical (unpaired) electrons. The summed E-state index contributed by atoms with van der Waals surface area (Å²) in [6.07, 6.45) is -2.77. The minimum Gasteiger partial charge on any atom is -0.466 e. The number of aliphatic hydroxyl groups excluding tert-OH is 2. The Bertz CT molecular complexity index is 610. The Kier molecular flexibility index (Phi) is 4.21. The zero-order valence-corrected chi connectivity index (χ0v) is 10.9. The topological polar surface area (TPSA) is 119 Å². The predicted molar refractivity (Wildman–Crippen MR) is 70.6 cm³/mol. The third-order valence-corrected chi connectivity index (χ3v) is 2.91. The van der Waals surface area contributed by atoms with Gasteiger partial charge in [0.05, 0.1) is 24.5 Å². The summed E-state index contributed by atoms with van der Waals surface area (Å²) in [5, 5.41) is 24.0. The summed E-state index contributed by atoms with van der Waals surface area (Å²) >= 11 is 0. The lowest BCUT2D eigenvalue weighted by atomic mass is 10.0. The molecule has 0 saturated heterocycles. The fraction of sp³-hybridized carbons (Fsp3) is 0.385. The van der Waals surface area contributed by atoms with Crippen LogP contribution in [0.1, 0.15) is 25.0 Å². The zero-order valence-electron chi connectivity index (χ0n) is 10.9. The van der Waals surface area contributed by atoms with Crippen molar-refractivity contribution in [3.05, 3.63) is 23.8 Å². The second-order valence-electron chi connectivity index (χ2n) is 4.34. The number of hydrogen-bond donors (Lipinski definition) is 3. The Balaban J connectivity index is 2.15. The molecule has 0 aliphatic carbocycles. The highest BCUT2D eigenvalue weighted by Gasteiger charge is 2.23. The standard InChI is InChI=1S/C13H16N2O5/c1-2-19-11(17)6-9(16)12(18)7-3-4-10-8(5-7)13(14)15-20-10/h3-5,9,12,16,18H,2,6H2,1H3,(H2,14,15). The average Bonchev–Trinajstić information content (AvgIpc) is 2.79. The predicted octanol–water partition coefficient (Wildman–Crippen LogP) is 0.758. The van der Waals surface area contributed by atoms with Crippen molar-refractivity contribution in [2.24, 2.45) is 0 Å². The van der Waals surface area contributed by atoms with Crippen LogP contribution in [0.4, 0.5) is 5.82 Å². The molecule has 20 heavy (non-hydrogen) atoms. The van der Waals surface area contributed by atoms with E-state index in [1.165, 1.54) is 0 Å². The first kappa shape index (κ1) is 14.3. The van der Waals surface area contributed by atoms with E-state index in [-0.39, 0.29) is 18.8 Å². The second kappa shape index (κ2) is 5.89. The molecule has 0 spiro atoms. The maximum Gasteiger partial charge on any atom is 0.308 e. The molecule has 108 valence electrons. The van der Waals surface area contributed by atoms with E-state index < -0.39 is 18.2 Å². The van der Waals surface area contributed by atoms with E-state index in [1.807, 2.05) is 0 Å². The molecule has 0 amide bonds. The van der Waals surface area contributed by atoms with Gasteiger partial charge in [0.2, 0.25) is 0 Å². The van der Waals surface area contributed by atoms with Gasteiger partial charge in [0.15, 0.2) is 11.4 Å². The van der Waals surface area contributed by atoms with Gasteiger partial charge in [-0.05, 0) is 24.6 Å². The van der Waals surface area contributed by atoms with Gasteiger partial charge in [-0.15, -0.1) is 0 Å². The fourth-order valence-corrected chi connectivity index (χ4v) is 1.88. The number of carbonyl (C=O) groups is 1. The van der Waals surface area contributed by atoms with Crippen molar-refractivity contribution < 1.29 is 24.3 Å². The molecule has 1 aromatic carbocycles. The quantitative estimate of drug-likeness (QED) is 0.691. The highest BCUT2D eigenvalue weighted by molar-refractivity contribution is 5.87. The largest absolute Gasteiger partial charge is 0.466 e. The van der Waals surface area contributed by atoms with Gasteiger partial charge in [0.1, 0.15) is 6.10 Å². The minimum atomic E-state index is -1.26. The highest BCUT2D eigenvalue weighted by atomic mass is 16.5. The maximum atomic E-state index is 11.3. The Labute approximate surface area is 114 Å². The van der Waals surface area contributed by atoms with Gasteiger partial charge >= 0.3 is 5.97 Å². The number of ether oxygens (including phenoxy) is 1. The van der Waals surface area contributed by atoms with Crippen LogP contribution in [0, 0.1) is 0 Å². The number of esters is 1. The zero-order chi connectivity index (χ0) is 14.7. The first-order valence-electron chi connectivity index (χ1n) is 6.19. The lowest BCUT2D eigenvalue weighted by Crippen LogP contribution is -2.23. The van der Waals surface area contributed by atoms with E-state index in [9.17, 15) is 15.0 Å². The van der Waals surface area contributed by atoms with Gasteiger partial charge in [-0.2, -0.15) is 0 Å². The summed E-state index contributed by atoms with van der Waals surface area (Å²) in [6.45, 7) is 1.90. The van der Waals surface area contributed by atoms with Crippen LogP contribution in [0.25, 0.3) is 11.0 Å². The number of aliphatic hydroxyl groups is 2. The molecule has 0 fully saturated rings. The minimum absolute atomic E-state index is 0.203. The van der Waals surface area contributed by atoms with Gasteiger partial charge in [-0.3, -0.25) is 4.79 Å². The van der Waals surface area contributed by atoms with E-state index >= 15 is 0 Å². The Morgan fingerprint density at radius 3 is 2.95 bits per heavy atom. The van der Waals surface area contributed by atoms with Gasteiger partial charge in [0, 0.05) is 0 Å². The molecule has 4 N–H and O–H groups in total. The highest BCUT2D eigenvalue weighted by Crippen LogP contribution is 2.26. The third-order valence-electron chi connectivity index (χ3n) is 2.91. The monoisotopic (exact) mass is 280 g/mol. The normalized spacial score (nSPS) is 14.2. The molecular formula is C13H16N2O5. The van der Waals surface area contributed by atoms with Gasteiger partial charge in [0.25, 0.3) is 0 Å². The fourth-order valence-electron chi connectivity index (χ4n) is 1.88. The Hall–Kier alpha value is -2.12. The summed E-state index contributed by atoms with van der Waals surface area (Å²) in [4.78, 5) is 11.3. The smallest absolute Gasteiger partial charge is 0.308 e. The van der Waals surface area contributed by atoms with E-state index in [0.717, 1.165) is 0 Å². The van der Waals surface area contributed by atoms with Crippen LogP contribution in [0.15, 0.2) is 22.7 Å². The van der Waals surface area contributed by atoms with Gasteiger partial charge < -0.3 is 25.2 Å². The van der Waals surface area contributed by atoms with Crippen LogP contribution >= 0.6 is 0 Å². The first-order valence-corrected chi connectivity index (χ1v) is 6.19. The summed E-state index contributed by atoms with van der Waals surface area (Å²) in [6, 6.07) is 4.74. The SMILES string of the molecule is CCOC(=O)CC(O)C(O)c1ccc2onc(N)c2c1. The lowest BCUT2D eigenvalue weighted by Gasteiger charge is -2.17. The molecule has 7 nitrogen and oxygen atoms in total. The van der Waals surface area contributed by atoms with Gasteiger partial charge in [-0.25, -0.2) is 0 Å². The second-order valence-corrected chi connectivity index (χ2v) is 4.34. The molecule has 2 rings (SSSR count). The van der Waals surface area contributed by atoms with Crippen molar-refractivity contribution in [3.63, 3.8) is 0 Å². The van der Waals surface area contributed by atoms with E-state index in [0.29, 0.717) is 16.5 Å². The molecule has 2 unspecified atom stereocenters. The van der Waals surface area contributed by atoms with Gasteiger partial charge in [-0.1, -0.05) is 11.2 Å². The number of nitrogens with zero attached hydrogens (tertiary/aromatic N) is 1. The number of nitrogen functional groups attached to an aromatic ring is 1. The summed E-state index contributed by atoms with van der Waals surface area (Å²) < 4.78 is 9.67. The summed E-state index contributed by atoms with van der Waals surface area (Å²) in [5.74, 6) is -0.362. The number of anilines is 1. The number of aromatic nitrogens is 1. The van der Waals surface area contributed by atoms with Crippen molar-refractivity contribution in [3.8, 4) is 0 Å². The molecule has 0 saturated carbocycles. The van der Waals surface area contributed by atoms with Crippen LogP contribution < -0.4 is 5.73 Å². The van der Waals surface area contributed by atoms with Crippen molar-refractivity contribution in [2.75, 3.05) is 12.3 Å². The molecule has 0 aliphatic heterocycles. The molecule has 0 bridgehead atoms. The summed E-state index contributed by atoms with van der Waals surface area (Å²) in [7, 11) is 0. The van der Waals surface area contributed by atoms with Crippen LogP contribution in [0.5, 0.6) is 0 Å². The molecule has 1 aromatic heterocycles. The molecule has 2 aromatic rings. The number of rotatable bonds is 5. The van der Waals surface area contributed by atoms with E-state index in [2.05, 4.69) is 5.16 Å². The van der Waals surface area contributed by atoms with Crippen LogP contribution in [-0.4, -0.2) is 34.0 Å². The van der Waals surface area contributed by atoms with Crippen LogP contribution in [-0.2, 0) is 9.53 Å². The van der Waals surface area contributed by atoms with E-state index in [1.54, 1.807) is 25.1 Å². The van der Waals surface area contributed by atoms with Crippen molar-refractivity contribution >= 4 is 22.8 Å². The third kappa shape index (κ3) is 2.89. The molecule has 1 heterocycles. The van der Waals surface area contributed by atoms with Crippen molar-refractivity contribution in [1.29, 1.82) is 0 Å². The Morgan fingerprint density at radius 2 is 2.25 bits per heavy atom. The van der Waals surface area contributed by atoms with Crippen LogP contribution in [0.3, 0.4) is 0 Å². The Morgan fingerprint density at radius 1 is 1.50 bits per heavy atom. The number of fused-ring (bicyclic) bond motifs is 1. The van der Waals surface area contributed by atoms with Crippen molar-refractivity contribution in [1.82, 2.24) is 5.16 Å². The average molecular weight is 280 g/mol. The molecule has 2 atom stereocenters. The summed E-state index contributed by atoms with van der Waals surface area (Å²) in [5.41, 5.74) is 6.52. The van der Waals surface area contributed by atoms with E-state index in [4.69, 9.17) is 15.0 Å². The molecule has 0 aliphatic rings. The first-order chi connectivity index (χ1) is 9.52. The number of carbonyl (C=O) groups excluding carboxylic acids is 1. The molecule has 7 heteroatoms. The lowest BCUT2D eigenvalue weighted by molar-refractivity contribution is -0.147. The van der Waals surface area contributed by atoms with Crippen molar-refractivity contribution in [2.45, 2.75) is 25.6 Å². The number of hydrogen-bond acceptors (Lipinski definition) is 7. The van der Waals surface area contributed by atoms with Crippen LogP contribution in [0.2, 0.25) is 0 Å². The molecular weight excluding hydrogens is 264 g/mol.